The Bertz CT molecular complexity index is 1200. The quantitative estimate of drug-likeness (QED) is 0.158. The van der Waals surface area contributed by atoms with E-state index < -0.39 is 77.4 Å². The Labute approximate surface area is 285 Å². The van der Waals surface area contributed by atoms with Crippen LogP contribution in [0.15, 0.2) is 12.2 Å². The number of carbonyl (C=O) groups excluding carboxylic acids is 4. The summed E-state index contributed by atoms with van der Waals surface area (Å²) < 4.78 is 30.6. The van der Waals surface area contributed by atoms with E-state index in [-0.39, 0.29) is 42.9 Å². The van der Waals surface area contributed by atoms with E-state index in [4.69, 9.17) is 29.4 Å². The molecule has 274 valence electrons. The molecule has 13 heteroatoms. The largest absolute Gasteiger partial charge is 0.457 e. The minimum absolute atomic E-state index is 0.0839. The molecule has 0 aromatic rings. The highest BCUT2D eigenvalue weighted by molar-refractivity contribution is 6.00. The zero-order valence-electron chi connectivity index (χ0n) is 30.5. The summed E-state index contributed by atoms with van der Waals surface area (Å²) in [6.45, 7) is 16.8. The summed E-state index contributed by atoms with van der Waals surface area (Å²) >= 11 is 0. The third-order valence-electron chi connectivity index (χ3n) is 10.6. The lowest BCUT2D eigenvalue weighted by atomic mass is 9.75. The van der Waals surface area contributed by atoms with Crippen LogP contribution in [0.3, 0.4) is 0 Å². The molecule has 48 heavy (non-hydrogen) atoms. The van der Waals surface area contributed by atoms with E-state index in [9.17, 15) is 24.3 Å². The van der Waals surface area contributed by atoms with Gasteiger partial charge in [0, 0.05) is 37.1 Å². The molecule has 3 aliphatic rings. The second-order valence-corrected chi connectivity index (χ2v) is 14.5. The van der Waals surface area contributed by atoms with E-state index in [0.717, 1.165) is 0 Å². The van der Waals surface area contributed by atoms with Crippen LogP contribution in [0, 0.1) is 17.8 Å². The van der Waals surface area contributed by atoms with Gasteiger partial charge in [-0.2, -0.15) is 0 Å². The van der Waals surface area contributed by atoms with Gasteiger partial charge in [0.05, 0.1) is 17.8 Å². The van der Waals surface area contributed by atoms with Crippen molar-refractivity contribution in [2.75, 3.05) is 34.3 Å². The van der Waals surface area contributed by atoms with Crippen molar-refractivity contribution in [3.63, 3.8) is 0 Å². The van der Waals surface area contributed by atoms with Gasteiger partial charge in [-0.15, -0.1) is 0 Å². The average molecular weight is 682 g/mol. The number of likely N-dealkylation sites (N-methyl/N-ethyl adjacent to an activating group) is 1. The highest BCUT2D eigenvalue weighted by atomic mass is 16.7. The summed E-state index contributed by atoms with van der Waals surface area (Å²) in [4.78, 5) is 58.9. The van der Waals surface area contributed by atoms with E-state index in [1.165, 1.54) is 18.9 Å². The topological polar surface area (TPSA) is 167 Å². The maximum absolute atomic E-state index is 14.3. The standard InChI is InChI=1S/C35H59N3O10/c1-12-25-35(8)29(38(33(43)48-35)16-14-13-15-36)21(4)26(39)19(2)18-34(7,44-11)30(22(5)27(40)23(6)31(42)46-25)47-32-28(41)24(37(9)10)17-20(3)45-32/h19-20,22-25,28-30,32,41H,4,12-18,36H2,1-3,5-11H3/t19-,20-,22+,23-,24?,25-,28?,29-,30-,32+,34-,35-/m1/s1. The van der Waals surface area contributed by atoms with Crippen LogP contribution in [0.4, 0.5) is 4.79 Å². The van der Waals surface area contributed by atoms with Crippen LogP contribution in [0.25, 0.3) is 0 Å². The van der Waals surface area contributed by atoms with Crippen molar-refractivity contribution in [2.24, 2.45) is 23.5 Å². The van der Waals surface area contributed by atoms with Crippen molar-refractivity contribution >= 4 is 23.6 Å². The summed E-state index contributed by atoms with van der Waals surface area (Å²) in [6.07, 6.45) is -3.01. The minimum Gasteiger partial charge on any atom is -0.457 e. The fraction of sp³-hybridized carbons (Fsp3) is 0.829. The van der Waals surface area contributed by atoms with Crippen molar-refractivity contribution < 1.29 is 48.0 Å². The van der Waals surface area contributed by atoms with Gasteiger partial charge in [-0.3, -0.25) is 19.3 Å². The Morgan fingerprint density at radius 2 is 1.75 bits per heavy atom. The molecule has 3 saturated heterocycles. The first-order valence-corrected chi connectivity index (χ1v) is 17.3. The number of aliphatic hydroxyl groups excluding tert-OH is 1. The first-order chi connectivity index (χ1) is 22.4. The lowest BCUT2D eigenvalue weighted by molar-refractivity contribution is -0.295. The van der Waals surface area contributed by atoms with Crippen molar-refractivity contribution in [3.05, 3.63) is 12.2 Å². The second-order valence-electron chi connectivity index (χ2n) is 14.5. The minimum atomic E-state index is -1.46. The molecule has 0 aromatic heterocycles. The number of aliphatic hydroxyl groups is 1. The van der Waals surface area contributed by atoms with Crippen LogP contribution in [-0.4, -0.2) is 127 Å². The third kappa shape index (κ3) is 7.97. The molecular weight excluding hydrogens is 622 g/mol. The smallest absolute Gasteiger partial charge is 0.411 e. The van der Waals surface area contributed by atoms with Gasteiger partial charge in [-0.1, -0.05) is 27.4 Å². The number of cyclic esters (lactones) is 1. The molecule has 2 unspecified atom stereocenters. The van der Waals surface area contributed by atoms with Gasteiger partial charge in [-0.25, -0.2) is 4.79 Å². The molecule has 12 atom stereocenters. The molecule has 0 aromatic carbocycles. The number of unbranched alkanes of at least 4 members (excludes halogenated alkanes) is 1. The summed E-state index contributed by atoms with van der Waals surface area (Å²) in [7, 11) is 5.19. The number of nitrogens with two attached hydrogens (primary N) is 1. The van der Waals surface area contributed by atoms with Gasteiger partial charge >= 0.3 is 12.1 Å². The van der Waals surface area contributed by atoms with Crippen LogP contribution in [0.5, 0.6) is 0 Å². The summed E-state index contributed by atoms with van der Waals surface area (Å²) in [5.41, 5.74) is 3.11. The fourth-order valence-corrected chi connectivity index (χ4v) is 7.71. The number of Topliss-reactive ketones (excluding diaryl/α,β-unsaturated/α-hetero) is 2. The predicted octanol–water partition coefficient (Wildman–Crippen LogP) is 2.85. The van der Waals surface area contributed by atoms with Gasteiger partial charge in [0.1, 0.15) is 24.2 Å². The van der Waals surface area contributed by atoms with Gasteiger partial charge in [0.2, 0.25) is 0 Å². The third-order valence-corrected chi connectivity index (χ3v) is 10.6. The Balaban J connectivity index is 2.13. The summed E-state index contributed by atoms with van der Waals surface area (Å²) in [5.74, 6) is -4.50. The van der Waals surface area contributed by atoms with Crippen LogP contribution in [0.1, 0.15) is 80.6 Å². The lowest BCUT2D eigenvalue weighted by Crippen LogP contribution is -2.59. The first kappa shape index (κ1) is 40.0. The van der Waals surface area contributed by atoms with E-state index in [1.807, 2.05) is 25.9 Å². The Hall–Kier alpha value is -2.42. The van der Waals surface area contributed by atoms with Crippen molar-refractivity contribution in [2.45, 2.75) is 135 Å². The Morgan fingerprint density at radius 1 is 1.10 bits per heavy atom. The normalized spacial score (nSPS) is 40.4. The number of hydrogen-bond donors (Lipinski definition) is 2. The number of esters is 1. The molecule has 3 heterocycles. The number of amides is 1. The zero-order valence-corrected chi connectivity index (χ0v) is 30.5. The number of carbonyl (C=O) groups is 4. The van der Waals surface area contributed by atoms with Gasteiger partial charge < -0.3 is 39.4 Å². The maximum Gasteiger partial charge on any atom is 0.411 e. The van der Waals surface area contributed by atoms with E-state index in [0.29, 0.717) is 25.8 Å². The maximum atomic E-state index is 14.3. The summed E-state index contributed by atoms with van der Waals surface area (Å²) in [5, 5.41) is 11.3. The van der Waals surface area contributed by atoms with Crippen molar-refractivity contribution in [3.8, 4) is 0 Å². The molecule has 0 saturated carbocycles. The number of hydrogen-bond acceptors (Lipinski definition) is 12. The second kappa shape index (κ2) is 16.1. The van der Waals surface area contributed by atoms with E-state index >= 15 is 0 Å². The number of ketones is 2. The van der Waals surface area contributed by atoms with Crippen LogP contribution in [0.2, 0.25) is 0 Å². The number of fused-ring (bicyclic) bond motifs is 1. The average Bonchev–Trinajstić information content (AvgIpc) is 3.30. The number of rotatable bonds is 9. The Kier molecular flexibility index (Phi) is 13.4. The SMILES string of the molecule is C=C1C(=O)[C@H](C)C[C@@](C)(OC)[C@H](O[C@@H]2O[C@H](C)CC(N(C)C)C2O)[C@@H](C)C(=O)[C@@H](C)C(=O)O[C@H](CC)[C@@]2(C)OC(=O)N(CCCCN)[C@H]12. The van der Waals surface area contributed by atoms with Crippen molar-refractivity contribution in [1.82, 2.24) is 9.80 Å². The van der Waals surface area contributed by atoms with Gasteiger partial charge in [0.25, 0.3) is 0 Å². The number of ether oxygens (including phenoxy) is 5. The van der Waals surface area contributed by atoms with Crippen LogP contribution < -0.4 is 5.73 Å². The molecule has 13 nitrogen and oxygen atoms in total. The monoisotopic (exact) mass is 681 g/mol. The number of methoxy groups -OCH3 is 1. The van der Waals surface area contributed by atoms with Gasteiger partial charge in [-0.05, 0) is 80.4 Å². The highest BCUT2D eigenvalue weighted by Gasteiger charge is 2.59. The van der Waals surface area contributed by atoms with E-state index in [1.54, 1.807) is 34.6 Å². The lowest BCUT2D eigenvalue weighted by Gasteiger charge is -2.47. The van der Waals surface area contributed by atoms with Gasteiger partial charge in [0.15, 0.2) is 23.5 Å². The zero-order chi connectivity index (χ0) is 36.3. The van der Waals surface area contributed by atoms with Crippen molar-refractivity contribution in [1.29, 1.82) is 0 Å². The van der Waals surface area contributed by atoms with Crippen LogP contribution >= 0.6 is 0 Å². The van der Waals surface area contributed by atoms with Crippen LogP contribution in [-0.2, 0) is 38.1 Å². The molecule has 3 N–H and O–H groups in total. The summed E-state index contributed by atoms with van der Waals surface area (Å²) in [6, 6.07) is -1.22. The Morgan fingerprint density at radius 3 is 2.31 bits per heavy atom. The molecule has 3 fully saturated rings. The molecule has 0 radical (unpaired) electrons. The molecule has 3 aliphatic heterocycles. The molecular formula is C35H59N3O10. The molecule has 0 aliphatic carbocycles. The highest BCUT2D eigenvalue weighted by Crippen LogP contribution is 2.42. The fourth-order valence-electron chi connectivity index (χ4n) is 7.71. The molecule has 0 spiro atoms. The first-order valence-electron chi connectivity index (χ1n) is 17.3. The molecule has 3 rings (SSSR count). The number of nitrogens with zero attached hydrogens (tertiary/aromatic N) is 2. The molecule has 1 amide bonds. The molecule has 0 bridgehead atoms. The predicted molar refractivity (Wildman–Crippen MR) is 178 cm³/mol. The van der Waals surface area contributed by atoms with E-state index in [2.05, 4.69) is 6.58 Å².